The Kier molecular flexibility index (Phi) is 6.16. The van der Waals surface area contributed by atoms with E-state index < -0.39 is 11.7 Å². The molecule has 0 spiro atoms. The number of rotatable bonds is 8. The molecule has 0 aliphatic carbocycles. The van der Waals surface area contributed by atoms with Gasteiger partial charge in [0, 0.05) is 23.6 Å². The molecule has 168 valence electrons. The fraction of sp³-hybridized carbons (Fsp3) is 0.174. The van der Waals surface area contributed by atoms with Gasteiger partial charge >= 0.3 is 5.69 Å². The number of ether oxygens (including phenoxy) is 1. The molecule has 0 saturated heterocycles. The lowest BCUT2D eigenvalue weighted by Crippen LogP contribution is -2.18. The number of hydrogen-bond acceptors (Lipinski definition) is 7. The molecule has 2 heterocycles. The molecule has 0 radical (unpaired) electrons. The number of nitrogens with two attached hydrogens (primary N) is 1. The van der Waals surface area contributed by atoms with Gasteiger partial charge in [-0.2, -0.15) is 0 Å². The number of nitrogen functional groups attached to an aromatic ring is 1. The fourth-order valence-corrected chi connectivity index (χ4v) is 3.40. The topological polar surface area (TPSA) is 148 Å². The molecule has 2 aromatic heterocycles. The molecule has 4 rings (SSSR count). The smallest absolute Gasteiger partial charge is 0.350 e. The molecular weight excluding hydrogens is 420 g/mol. The van der Waals surface area contributed by atoms with Crippen molar-refractivity contribution in [3.05, 3.63) is 93.9 Å². The van der Waals surface area contributed by atoms with E-state index >= 15 is 0 Å². The van der Waals surface area contributed by atoms with E-state index in [-0.39, 0.29) is 11.8 Å². The van der Waals surface area contributed by atoms with Crippen LogP contribution in [0.5, 0.6) is 5.75 Å². The van der Waals surface area contributed by atoms with Crippen LogP contribution in [-0.4, -0.2) is 37.7 Å². The summed E-state index contributed by atoms with van der Waals surface area (Å²) in [6.07, 6.45) is 3.91. The molecule has 10 heteroatoms. The number of H-pyrrole nitrogens is 1. The third-order valence-corrected chi connectivity index (χ3v) is 5.12. The van der Waals surface area contributed by atoms with Crippen molar-refractivity contribution in [1.82, 2.24) is 24.7 Å². The fourth-order valence-electron chi connectivity index (χ4n) is 3.40. The van der Waals surface area contributed by atoms with E-state index in [1.807, 2.05) is 30.3 Å². The Morgan fingerprint density at radius 1 is 1.21 bits per heavy atom. The molecule has 1 unspecified atom stereocenters. The zero-order chi connectivity index (χ0) is 23.4. The van der Waals surface area contributed by atoms with Crippen molar-refractivity contribution in [3.8, 4) is 11.7 Å². The second kappa shape index (κ2) is 9.35. The van der Waals surface area contributed by atoms with Gasteiger partial charge in [0.25, 0.3) is 5.95 Å². The maximum atomic E-state index is 12.7. The Morgan fingerprint density at radius 2 is 1.94 bits per heavy atom. The van der Waals surface area contributed by atoms with Crippen molar-refractivity contribution in [2.45, 2.75) is 19.4 Å². The average Bonchev–Trinajstić information content (AvgIpc) is 3.24. The van der Waals surface area contributed by atoms with Gasteiger partial charge in [0.1, 0.15) is 17.6 Å². The van der Waals surface area contributed by atoms with E-state index in [9.17, 15) is 4.79 Å². The second-order valence-corrected chi connectivity index (χ2v) is 7.31. The summed E-state index contributed by atoms with van der Waals surface area (Å²) in [5.41, 5.74) is 8.44. The van der Waals surface area contributed by atoms with E-state index in [4.69, 9.17) is 15.9 Å². The van der Waals surface area contributed by atoms with Crippen molar-refractivity contribution < 1.29 is 4.74 Å². The number of aromatic nitrogens is 5. The quantitative estimate of drug-likeness (QED) is 0.241. The van der Waals surface area contributed by atoms with Gasteiger partial charge in [-0.05, 0) is 60.0 Å². The minimum Gasteiger partial charge on any atom is -0.497 e. The number of nitrogens with one attached hydrogen (secondary N) is 3. The minimum atomic E-state index is -0.508. The molecule has 0 fully saturated rings. The van der Waals surface area contributed by atoms with Crippen molar-refractivity contribution in [3.63, 3.8) is 0 Å². The molecule has 33 heavy (non-hydrogen) atoms. The predicted octanol–water partition coefficient (Wildman–Crippen LogP) is 2.41. The SMILES string of the molecule is CCc1cc(OC)cc(C(Nc2ccc(C(=N)N)cc2)c2nn(-c3ncccn3)c(=O)[nH]2)c1. The van der Waals surface area contributed by atoms with Gasteiger partial charge in [0.2, 0.25) is 0 Å². The molecule has 0 saturated carbocycles. The lowest BCUT2D eigenvalue weighted by Gasteiger charge is -2.20. The van der Waals surface area contributed by atoms with Crippen LogP contribution in [0.2, 0.25) is 0 Å². The number of aromatic amines is 1. The predicted molar refractivity (Wildman–Crippen MR) is 125 cm³/mol. The first-order chi connectivity index (χ1) is 16.0. The third-order valence-electron chi connectivity index (χ3n) is 5.12. The summed E-state index contributed by atoms with van der Waals surface area (Å²) in [5, 5.41) is 15.5. The van der Waals surface area contributed by atoms with Crippen LogP contribution in [0.1, 0.15) is 35.5 Å². The van der Waals surface area contributed by atoms with E-state index in [0.717, 1.165) is 27.9 Å². The summed E-state index contributed by atoms with van der Waals surface area (Å²) in [6, 6.07) is 14.2. The van der Waals surface area contributed by atoms with Crippen LogP contribution >= 0.6 is 0 Å². The third kappa shape index (κ3) is 4.74. The van der Waals surface area contributed by atoms with Crippen molar-refractivity contribution in [2.75, 3.05) is 12.4 Å². The Hall–Kier alpha value is -4.47. The summed E-state index contributed by atoms with van der Waals surface area (Å²) < 4.78 is 6.62. The van der Waals surface area contributed by atoms with E-state index in [1.165, 1.54) is 0 Å². The summed E-state index contributed by atoms with van der Waals surface area (Å²) in [7, 11) is 1.62. The first kappa shape index (κ1) is 21.8. The van der Waals surface area contributed by atoms with Crippen LogP contribution in [0.25, 0.3) is 5.95 Å². The maximum Gasteiger partial charge on any atom is 0.350 e. The summed E-state index contributed by atoms with van der Waals surface area (Å²) in [4.78, 5) is 23.7. The highest BCUT2D eigenvalue weighted by atomic mass is 16.5. The highest BCUT2D eigenvalue weighted by molar-refractivity contribution is 5.95. The molecular formula is C23H24N8O2. The molecule has 0 bridgehead atoms. The first-order valence-corrected chi connectivity index (χ1v) is 10.3. The molecule has 4 aromatic rings. The first-order valence-electron chi connectivity index (χ1n) is 10.3. The van der Waals surface area contributed by atoms with E-state index in [0.29, 0.717) is 17.1 Å². The van der Waals surface area contributed by atoms with Crippen LogP contribution < -0.4 is 21.5 Å². The number of benzene rings is 2. The van der Waals surface area contributed by atoms with Gasteiger partial charge in [-0.25, -0.2) is 14.8 Å². The standard InChI is InChI=1S/C23H24N8O2/c1-3-14-11-16(13-18(12-14)33-2)19(28-17-7-5-15(6-8-17)20(24)25)21-29-23(32)31(30-21)22-26-9-4-10-27-22/h4-13,19,28H,3H2,1-2H3,(H3,24,25)(H,29,30,32). The van der Waals surface area contributed by atoms with Crippen LogP contribution in [0.4, 0.5) is 5.69 Å². The second-order valence-electron chi connectivity index (χ2n) is 7.31. The van der Waals surface area contributed by atoms with Crippen LogP contribution in [-0.2, 0) is 6.42 Å². The monoisotopic (exact) mass is 444 g/mol. The molecule has 0 aliphatic heterocycles. The Morgan fingerprint density at radius 3 is 2.58 bits per heavy atom. The molecule has 0 aliphatic rings. The number of anilines is 1. The Balaban J connectivity index is 1.80. The van der Waals surface area contributed by atoms with E-state index in [2.05, 4.69) is 32.3 Å². The summed E-state index contributed by atoms with van der Waals surface area (Å²) in [5.74, 6) is 1.26. The van der Waals surface area contributed by atoms with Crippen LogP contribution in [0.3, 0.4) is 0 Å². The summed E-state index contributed by atoms with van der Waals surface area (Å²) >= 11 is 0. The largest absolute Gasteiger partial charge is 0.497 e. The number of amidine groups is 1. The normalized spacial score (nSPS) is 11.7. The zero-order valence-electron chi connectivity index (χ0n) is 18.2. The van der Waals surface area contributed by atoms with Gasteiger partial charge in [-0.15, -0.1) is 9.78 Å². The number of hydrogen-bond donors (Lipinski definition) is 4. The van der Waals surface area contributed by atoms with Gasteiger partial charge in [0.15, 0.2) is 5.82 Å². The average molecular weight is 444 g/mol. The van der Waals surface area contributed by atoms with Gasteiger partial charge < -0.3 is 15.8 Å². The maximum absolute atomic E-state index is 12.7. The number of aryl methyl sites for hydroxylation is 1. The zero-order valence-corrected chi connectivity index (χ0v) is 18.2. The Bertz CT molecular complexity index is 1290. The molecule has 1 atom stereocenters. The van der Waals surface area contributed by atoms with Gasteiger partial charge in [-0.3, -0.25) is 10.4 Å². The highest BCUT2D eigenvalue weighted by Crippen LogP contribution is 2.29. The molecule has 5 N–H and O–H groups in total. The van der Waals surface area contributed by atoms with Crippen molar-refractivity contribution in [1.29, 1.82) is 5.41 Å². The Labute approximate surface area is 190 Å². The van der Waals surface area contributed by atoms with E-state index in [1.54, 1.807) is 37.7 Å². The lowest BCUT2D eigenvalue weighted by molar-refractivity contribution is 0.413. The minimum absolute atomic E-state index is 0.00980. The molecule has 0 amide bonds. The van der Waals surface area contributed by atoms with Crippen LogP contribution in [0.15, 0.2) is 65.7 Å². The number of methoxy groups -OCH3 is 1. The molecule has 2 aromatic carbocycles. The molecule has 10 nitrogen and oxygen atoms in total. The van der Waals surface area contributed by atoms with Crippen molar-refractivity contribution >= 4 is 11.5 Å². The highest BCUT2D eigenvalue weighted by Gasteiger charge is 2.22. The van der Waals surface area contributed by atoms with Gasteiger partial charge in [0.05, 0.1) is 7.11 Å². The van der Waals surface area contributed by atoms with Crippen molar-refractivity contribution in [2.24, 2.45) is 5.73 Å². The van der Waals surface area contributed by atoms with Crippen LogP contribution in [0, 0.1) is 5.41 Å². The number of nitrogens with zero attached hydrogens (tertiary/aromatic N) is 4. The van der Waals surface area contributed by atoms with Gasteiger partial charge in [-0.1, -0.05) is 13.0 Å². The summed E-state index contributed by atoms with van der Waals surface area (Å²) in [6.45, 7) is 2.06. The lowest BCUT2D eigenvalue weighted by atomic mass is 10.0.